The number of anilines is 1. The SMILES string of the molecule is CCc1cnc(N2CCC3(CCOC3)CC2)[nH]c1=O. The summed E-state index contributed by atoms with van der Waals surface area (Å²) in [5.74, 6) is 0.718. The van der Waals surface area contributed by atoms with Gasteiger partial charge in [0.05, 0.1) is 6.61 Å². The normalized spacial score (nSPS) is 22.1. The summed E-state index contributed by atoms with van der Waals surface area (Å²) in [6.45, 7) is 5.69. The van der Waals surface area contributed by atoms with Crippen LogP contribution in [0, 0.1) is 5.41 Å². The predicted octanol–water partition coefficient (Wildman–Crippen LogP) is 1.34. The van der Waals surface area contributed by atoms with Crippen molar-refractivity contribution in [2.75, 3.05) is 31.2 Å². The highest BCUT2D eigenvalue weighted by Crippen LogP contribution is 2.39. The van der Waals surface area contributed by atoms with Crippen molar-refractivity contribution in [2.45, 2.75) is 32.6 Å². The number of nitrogens with zero attached hydrogens (tertiary/aromatic N) is 2. The smallest absolute Gasteiger partial charge is 0.255 e. The maximum absolute atomic E-state index is 11.8. The van der Waals surface area contributed by atoms with Gasteiger partial charge in [-0.15, -0.1) is 0 Å². The molecular formula is C14H21N3O2. The molecule has 2 saturated heterocycles. The number of hydrogen-bond donors (Lipinski definition) is 1. The number of aromatic nitrogens is 2. The number of ether oxygens (including phenoxy) is 1. The monoisotopic (exact) mass is 263 g/mol. The van der Waals surface area contributed by atoms with Crippen LogP contribution in [0.2, 0.25) is 0 Å². The highest BCUT2D eigenvalue weighted by atomic mass is 16.5. The molecule has 1 N–H and O–H groups in total. The zero-order chi connectivity index (χ0) is 13.3. The van der Waals surface area contributed by atoms with Gasteiger partial charge in [-0.2, -0.15) is 0 Å². The van der Waals surface area contributed by atoms with E-state index in [0.29, 0.717) is 5.41 Å². The second kappa shape index (κ2) is 4.96. The highest BCUT2D eigenvalue weighted by molar-refractivity contribution is 5.31. The molecule has 104 valence electrons. The Bertz CT molecular complexity index is 496. The van der Waals surface area contributed by atoms with E-state index in [1.54, 1.807) is 6.20 Å². The van der Waals surface area contributed by atoms with Gasteiger partial charge in [-0.3, -0.25) is 9.78 Å². The number of nitrogens with one attached hydrogen (secondary N) is 1. The maximum atomic E-state index is 11.8. The molecule has 1 aromatic heterocycles. The van der Waals surface area contributed by atoms with E-state index >= 15 is 0 Å². The van der Waals surface area contributed by atoms with Gasteiger partial charge >= 0.3 is 0 Å². The second-order valence-corrected chi connectivity index (χ2v) is 5.70. The van der Waals surface area contributed by atoms with Crippen molar-refractivity contribution in [1.82, 2.24) is 9.97 Å². The molecule has 0 bridgehead atoms. The van der Waals surface area contributed by atoms with Crippen LogP contribution in [0.4, 0.5) is 5.95 Å². The molecule has 0 saturated carbocycles. The van der Waals surface area contributed by atoms with E-state index < -0.39 is 0 Å². The average molecular weight is 263 g/mol. The fourth-order valence-electron chi connectivity index (χ4n) is 3.06. The van der Waals surface area contributed by atoms with E-state index in [0.717, 1.165) is 57.1 Å². The largest absolute Gasteiger partial charge is 0.381 e. The first-order chi connectivity index (χ1) is 9.22. The molecule has 3 heterocycles. The van der Waals surface area contributed by atoms with E-state index in [1.807, 2.05) is 6.92 Å². The van der Waals surface area contributed by atoms with Gasteiger partial charge in [0.1, 0.15) is 0 Å². The van der Waals surface area contributed by atoms with Crippen molar-refractivity contribution in [1.29, 1.82) is 0 Å². The molecule has 1 spiro atoms. The Hall–Kier alpha value is -1.36. The van der Waals surface area contributed by atoms with Crippen LogP contribution in [0.25, 0.3) is 0 Å². The number of aromatic amines is 1. The quantitative estimate of drug-likeness (QED) is 0.874. The number of hydrogen-bond acceptors (Lipinski definition) is 4. The summed E-state index contributed by atoms with van der Waals surface area (Å²) < 4.78 is 5.54. The van der Waals surface area contributed by atoms with Crippen molar-refractivity contribution < 1.29 is 4.74 Å². The predicted molar refractivity (Wildman–Crippen MR) is 73.6 cm³/mol. The van der Waals surface area contributed by atoms with Crippen LogP contribution in [-0.2, 0) is 11.2 Å². The van der Waals surface area contributed by atoms with Gasteiger partial charge in [-0.25, -0.2) is 4.98 Å². The Morgan fingerprint density at radius 1 is 1.42 bits per heavy atom. The summed E-state index contributed by atoms with van der Waals surface area (Å²) in [6, 6.07) is 0. The first kappa shape index (κ1) is 12.7. The summed E-state index contributed by atoms with van der Waals surface area (Å²) in [6.07, 6.45) is 5.87. The van der Waals surface area contributed by atoms with Crippen LogP contribution in [0.15, 0.2) is 11.0 Å². The first-order valence-corrected chi connectivity index (χ1v) is 7.13. The maximum Gasteiger partial charge on any atom is 0.255 e. The zero-order valence-corrected chi connectivity index (χ0v) is 11.4. The zero-order valence-electron chi connectivity index (χ0n) is 11.4. The number of aryl methyl sites for hydroxylation is 1. The molecular weight excluding hydrogens is 242 g/mol. The molecule has 0 unspecified atom stereocenters. The van der Waals surface area contributed by atoms with Crippen LogP contribution in [0.5, 0.6) is 0 Å². The molecule has 0 aromatic carbocycles. The minimum atomic E-state index is -0.00279. The Labute approximate surface area is 113 Å². The molecule has 2 aliphatic rings. The molecule has 0 radical (unpaired) electrons. The van der Waals surface area contributed by atoms with Crippen molar-refractivity contribution in [3.8, 4) is 0 Å². The van der Waals surface area contributed by atoms with Gasteiger partial charge in [-0.05, 0) is 31.1 Å². The summed E-state index contributed by atoms with van der Waals surface area (Å²) >= 11 is 0. The molecule has 0 aliphatic carbocycles. The van der Waals surface area contributed by atoms with Crippen molar-refractivity contribution in [3.63, 3.8) is 0 Å². The van der Waals surface area contributed by atoms with Gasteiger partial charge in [0.2, 0.25) is 5.95 Å². The molecule has 3 rings (SSSR count). The molecule has 19 heavy (non-hydrogen) atoms. The number of rotatable bonds is 2. The van der Waals surface area contributed by atoms with Gasteiger partial charge in [0, 0.05) is 31.5 Å². The van der Waals surface area contributed by atoms with Gasteiger partial charge in [0.15, 0.2) is 0 Å². The number of piperidine rings is 1. The van der Waals surface area contributed by atoms with E-state index in [-0.39, 0.29) is 5.56 Å². The average Bonchev–Trinajstić information content (AvgIpc) is 2.88. The van der Waals surface area contributed by atoms with Crippen molar-refractivity contribution in [3.05, 3.63) is 22.1 Å². The van der Waals surface area contributed by atoms with Crippen LogP contribution in [0.1, 0.15) is 31.7 Å². The third-order valence-corrected chi connectivity index (χ3v) is 4.55. The van der Waals surface area contributed by atoms with E-state index in [1.165, 1.54) is 6.42 Å². The summed E-state index contributed by atoms with van der Waals surface area (Å²) in [5, 5.41) is 0. The Kier molecular flexibility index (Phi) is 3.31. The summed E-state index contributed by atoms with van der Waals surface area (Å²) in [7, 11) is 0. The molecule has 2 fully saturated rings. The highest BCUT2D eigenvalue weighted by Gasteiger charge is 2.38. The Morgan fingerprint density at radius 3 is 2.79 bits per heavy atom. The minimum Gasteiger partial charge on any atom is -0.381 e. The molecule has 5 heteroatoms. The Balaban J connectivity index is 1.71. The lowest BCUT2D eigenvalue weighted by Gasteiger charge is -2.38. The molecule has 2 aliphatic heterocycles. The van der Waals surface area contributed by atoms with Crippen LogP contribution < -0.4 is 10.5 Å². The fourth-order valence-corrected chi connectivity index (χ4v) is 3.06. The first-order valence-electron chi connectivity index (χ1n) is 7.13. The van der Waals surface area contributed by atoms with Crippen LogP contribution in [-0.4, -0.2) is 36.3 Å². The number of H-pyrrole nitrogens is 1. The standard InChI is InChI=1S/C14H21N3O2/c1-2-11-9-15-13(16-12(11)18)17-6-3-14(4-7-17)5-8-19-10-14/h9H,2-8,10H2,1H3,(H,15,16,18). The lowest BCUT2D eigenvalue weighted by Crippen LogP contribution is -2.41. The van der Waals surface area contributed by atoms with Gasteiger partial charge < -0.3 is 9.64 Å². The van der Waals surface area contributed by atoms with E-state index in [2.05, 4.69) is 14.9 Å². The van der Waals surface area contributed by atoms with Crippen LogP contribution in [0.3, 0.4) is 0 Å². The van der Waals surface area contributed by atoms with Crippen molar-refractivity contribution >= 4 is 5.95 Å². The van der Waals surface area contributed by atoms with Crippen LogP contribution >= 0.6 is 0 Å². The summed E-state index contributed by atoms with van der Waals surface area (Å²) in [4.78, 5) is 21.3. The lowest BCUT2D eigenvalue weighted by atomic mass is 9.78. The third-order valence-electron chi connectivity index (χ3n) is 4.55. The van der Waals surface area contributed by atoms with Crippen molar-refractivity contribution in [2.24, 2.45) is 5.41 Å². The topological polar surface area (TPSA) is 58.2 Å². The molecule has 0 amide bonds. The van der Waals surface area contributed by atoms with E-state index in [9.17, 15) is 4.79 Å². The van der Waals surface area contributed by atoms with Gasteiger partial charge in [-0.1, -0.05) is 6.92 Å². The summed E-state index contributed by atoms with van der Waals surface area (Å²) in [5.41, 5.74) is 1.14. The molecule has 5 nitrogen and oxygen atoms in total. The molecule has 0 atom stereocenters. The molecule has 1 aromatic rings. The second-order valence-electron chi connectivity index (χ2n) is 5.70. The lowest BCUT2D eigenvalue weighted by molar-refractivity contribution is 0.133. The van der Waals surface area contributed by atoms with E-state index in [4.69, 9.17) is 4.74 Å². The minimum absolute atomic E-state index is 0.00279. The fraction of sp³-hybridized carbons (Fsp3) is 0.714. The third kappa shape index (κ3) is 2.39. The van der Waals surface area contributed by atoms with Gasteiger partial charge in [0.25, 0.3) is 5.56 Å². The Morgan fingerprint density at radius 2 is 2.21 bits per heavy atom.